The summed E-state index contributed by atoms with van der Waals surface area (Å²) in [5.74, 6) is -0.287. The summed E-state index contributed by atoms with van der Waals surface area (Å²) in [5.41, 5.74) is 13.0. The molecule has 0 aliphatic carbocycles. The standard InChI is InChI=1S/C38H45N5.C4H10N2O/c1-26-35(22-30-14-7-5-8-15-30)42-28(3)38-20-13-21-43(38)29(4)37(23-31-16-9-6-10-17-31)41-27(2)36(40-26)24-32-25-39-34-19-12-11-18-33(32)34;1-6(2)3-4(5)7/h5-12,14-19,25,27,35-42H,1,3-4,13,20-24H2,2H3;3H2,1-2H3,(H2,5,7)/t27?,35?,36-,37?,38-;/m1./s1. The maximum atomic E-state index is 9.99. The van der Waals surface area contributed by atoms with Gasteiger partial charge in [-0.2, -0.15) is 0 Å². The molecule has 2 saturated heterocycles. The van der Waals surface area contributed by atoms with Crippen LogP contribution in [-0.2, 0) is 24.1 Å². The summed E-state index contributed by atoms with van der Waals surface area (Å²) >= 11 is 0. The molecule has 4 aromatic rings. The summed E-state index contributed by atoms with van der Waals surface area (Å²) in [7, 11) is 3.59. The molecule has 0 spiro atoms. The molecule has 5 atom stereocenters. The summed E-state index contributed by atoms with van der Waals surface area (Å²) in [6.45, 7) is 17.6. The second-order valence-electron chi connectivity index (χ2n) is 14.0. The molecule has 2 aliphatic heterocycles. The number of carbonyl (C=O) groups excluding carboxylic acids is 1. The number of hydrogen-bond donors (Lipinski definition) is 5. The van der Waals surface area contributed by atoms with Crippen molar-refractivity contribution in [2.24, 2.45) is 5.73 Å². The van der Waals surface area contributed by atoms with E-state index in [1.54, 1.807) is 19.0 Å². The van der Waals surface area contributed by atoms with Gasteiger partial charge in [-0.05, 0) is 75.9 Å². The number of nitrogens with zero attached hydrogens (tertiary/aromatic N) is 2. The largest absolute Gasteiger partial charge is 0.382 e. The van der Waals surface area contributed by atoms with Crippen LogP contribution in [0.1, 0.15) is 36.5 Å². The van der Waals surface area contributed by atoms with Crippen LogP contribution in [0.15, 0.2) is 128 Å². The van der Waals surface area contributed by atoms with E-state index in [2.05, 4.69) is 137 Å². The Morgan fingerprint density at radius 2 is 1.46 bits per heavy atom. The zero-order valence-electron chi connectivity index (χ0n) is 30.0. The second-order valence-corrected chi connectivity index (χ2v) is 14.0. The van der Waals surface area contributed by atoms with Crippen LogP contribution in [0.4, 0.5) is 0 Å². The van der Waals surface area contributed by atoms with E-state index < -0.39 is 0 Å². The van der Waals surface area contributed by atoms with Gasteiger partial charge in [0.25, 0.3) is 0 Å². The summed E-state index contributed by atoms with van der Waals surface area (Å²) in [4.78, 5) is 17.7. The minimum absolute atomic E-state index is 0.00262. The van der Waals surface area contributed by atoms with Crippen molar-refractivity contribution in [2.45, 2.75) is 69.2 Å². The lowest BCUT2D eigenvalue weighted by Gasteiger charge is -2.40. The molecule has 264 valence electrons. The molecular formula is C42H55N7O. The molecule has 0 saturated carbocycles. The highest BCUT2D eigenvalue weighted by atomic mass is 16.1. The number of primary amides is 1. The van der Waals surface area contributed by atoms with E-state index in [0.717, 1.165) is 55.7 Å². The first kappa shape index (κ1) is 36.5. The van der Waals surface area contributed by atoms with Crippen molar-refractivity contribution in [3.8, 4) is 0 Å². The topological polar surface area (TPSA) is 101 Å². The monoisotopic (exact) mass is 673 g/mol. The number of nitrogens with two attached hydrogens (primary N) is 1. The number of aromatic amines is 1. The van der Waals surface area contributed by atoms with E-state index in [-0.39, 0.29) is 36.1 Å². The molecule has 6 rings (SSSR count). The number of likely N-dealkylation sites (N-methyl/N-ethyl adjacent to an activating group) is 1. The van der Waals surface area contributed by atoms with Crippen molar-refractivity contribution < 1.29 is 4.79 Å². The number of para-hydroxylation sites is 1. The highest BCUT2D eigenvalue weighted by Crippen LogP contribution is 2.30. The summed E-state index contributed by atoms with van der Waals surface area (Å²) in [6, 6.07) is 30.5. The van der Waals surface area contributed by atoms with Gasteiger partial charge < -0.3 is 36.5 Å². The van der Waals surface area contributed by atoms with E-state index in [4.69, 9.17) is 12.3 Å². The van der Waals surface area contributed by atoms with E-state index in [1.807, 2.05) is 0 Å². The first-order valence-corrected chi connectivity index (χ1v) is 17.8. The van der Waals surface area contributed by atoms with Crippen molar-refractivity contribution >= 4 is 16.8 Å². The molecule has 1 aromatic heterocycles. The van der Waals surface area contributed by atoms with E-state index in [9.17, 15) is 4.79 Å². The van der Waals surface area contributed by atoms with Crippen LogP contribution < -0.4 is 21.7 Å². The zero-order chi connectivity index (χ0) is 35.6. The van der Waals surface area contributed by atoms with Crippen molar-refractivity contribution in [2.75, 3.05) is 27.2 Å². The van der Waals surface area contributed by atoms with Gasteiger partial charge in [0.1, 0.15) is 0 Å². The highest BCUT2D eigenvalue weighted by molar-refractivity contribution is 5.83. The first-order valence-electron chi connectivity index (χ1n) is 17.8. The molecule has 1 amide bonds. The fourth-order valence-electron chi connectivity index (χ4n) is 7.20. The molecule has 6 N–H and O–H groups in total. The lowest BCUT2D eigenvalue weighted by molar-refractivity contribution is -0.118. The molecule has 2 fully saturated rings. The van der Waals surface area contributed by atoms with Gasteiger partial charge in [-0.15, -0.1) is 0 Å². The van der Waals surface area contributed by atoms with Crippen LogP contribution in [0.3, 0.4) is 0 Å². The lowest BCUT2D eigenvalue weighted by Crippen LogP contribution is -2.56. The first-order chi connectivity index (χ1) is 24.1. The third-order valence-corrected chi connectivity index (χ3v) is 9.80. The number of aromatic nitrogens is 1. The van der Waals surface area contributed by atoms with Crippen LogP contribution in [-0.4, -0.2) is 78.1 Å². The fourth-order valence-corrected chi connectivity index (χ4v) is 7.20. The van der Waals surface area contributed by atoms with Gasteiger partial charge in [-0.3, -0.25) is 4.79 Å². The molecule has 3 heterocycles. The van der Waals surface area contributed by atoms with Gasteiger partial charge in [-0.1, -0.05) is 98.6 Å². The Hall–Kier alpha value is -4.79. The number of fused-ring (bicyclic) bond motifs is 2. The maximum absolute atomic E-state index is 9.99. The van der Waals surface area contributed by atoms with Crippen molar-refractivity contribution in [1.29, 1.82) is 0 Å². The van der Waals surface area contributed by atoms with E-state index in [1.165, 1.54) is 27.6 Å². The number of H-pyrrole nitrogens is 1. The molecule has 2 aliphatic rings. The van der Waals surface area contributed by atoms with Crippen LogP contribution in [0, 0.1) is 0 Å². The molecule has 8 heteroatoms. The highest BCUT2D eigenvalue weighted by Gasteiger charge is 2.34. The fraction of sp³-hybridized carbons (Fsp3) is 0.357. The Morgan fingerprint density at radius 1 is 0.840 bits per heavy atom. The Bertz CT molecular complexity index is 1730. The number of rotatable bonds is 8. The number of hydrogen-bond acceptors (Lipinski definition) is 6. The number of benzene rings is 3. The molecular weight excluding hydrogens is 619 g/mol. The summed E-state index contributed by atoms with van der Waals surface area (Å²) < 4.78 is 0. The predicted molar refractivity (Wildman–Crippen MR) is 207 cm³/mol. The smallest absolute Gasteiger partial charge is 0.231 e. The minimum Gasteiger partial charge on any atom is -0.382 e. The van der Waals surface area contributed by atoms with Gasteiger partial charge in [0.2, 0.25) is 5.91 Å². The normalized spacial score (nSPS) is 22.8. The van der Waals surface area contributed by atoms with Crippen LogP contribution in [0.25, 0.3) is 10.9 Å². The summed E-state index contributed by atoms with van der Waals surface area (Å²) in [6.07, 6.45) is 6.92. The molecule has 3 unspecified atom stereocenters. The number of amides is 1. The third kappa shape index (κ3) is 9.67. The van der Waals surface area contributed by atoms with Gasteiger partial charge in [-0.25, -0.2) is 0 Å². The number of nitrogens with one attached hydrogen (secondary N) is 4. The van der Waals surface area contributed by atoms with Gasteiger partial charge in [0, 0.05) is 52.8 Å². The zero-order valence-corrected chi connectivity index (χ0v) is 30.0. The Kier molecular flexibility index (Phi) is 12.6. The SMILES string of the molecule is C=C1N[C@H](Cc2c[nH]c3ccccc23)C(C)NC(Cc2ccccc2)C(=C)N2CCC[C@@H]2C(=C)NC1Cc1ccccc1.CN(C)CC(N)=O. The number of carbonyl (C=O) groups is 1. The predicted octanol–water partition coefficient (Wildman–Crippen LogP) is 5.51. The van der Waals surface area contributed by atoms with Gasteiger partial charge in [0.15, 0.2) is 0 Å². The quantitative estimate of drug-likeness (QED) is 0.169. The minimum atomic E-state index is -0.287. The third-order valence-electron chi connectivity index (χ3n) is 9.80. The van der Waals surface area contributed by atoms with Crippen molar-refractivity contribution in [3.63, 3.8) is 0 Å². The molecule has 50 heavy (non-hydrogen) atoms. The Balaban J connectivity index is 0.000000630. The van der Waals surface area contributed by atoms with Crippen LogP contribution in [0.2, 0.25) is 0 Å². The van der Waals surface area contributed by atoms with Crippen LogP contribution >= 0.6 is 0 Å². The molecule has 0 radical (unpaired) electrons. The maximum Gasteiger partial charge on any atom is 0.231 e. The lowest BCUT2D eigenvalue weighted by atomic mass is 9.94. The molecule has 0 bridgehead atoms. The average molecular weight is 674 g/mol. The van der Waals surface area contributed by atoms with E-state index >= 15 is 0 Å². The molecule has 8 nitrogen and oxygen atoms in total. The average Bonchev–Trinajstić information content (AvgIpc) is 3.75. The van der Waals surface area contributed by atoms with Crippen molar-refractivity contribution in [1.82, 2.24) is 30.7 Å². The van der Waals surface area contributed by atoms with Gasteiger partial charge >= 0.3 is 0 Å². The second kappa shape index (κ2) is 17.2. The molecule has 3 aromatic carbocycles. The Morgan fingerprint density at radius 3 is 2.08 bits per heavy atom. The Labute approximate surface area is 298 Å². The van der Waals surface area contributed by atoms with Crippen LogP contribution in [0.5, 0.6) is 0 Å². The van der Waals surface area contributed by atoms with Gasteiger partial charge in [0.05, 0.1) is 24.7 Å². The summed E-state index contributed by atoms with van der Waals surface area (Å²) in [5, 5.41) is 13.1. The van der Waals surface area contributed by atoms with Crippen molar-refractivity contribution in [3.05, 3.63) is 145 Å². The van der Waals surface area contributed by atoms with E-state index in [0.29, 0.717) is 6.54 Å².